The van der Waals surface area contributed by atoms with Crippen LogP contribution >= 0.6 is 14.6 Å². The minimum absolute atomic E-state index is 0.298. The van der Waals surface area contributed by atoms with Crippen LogP contribution in [0.4, 0.5) is 23.3 Å². The summed E-state index contributed by atoms with van der Waals surface area (Å²) in [6.45, 7) is 0. The van der Waals surface area contributed by atoms with E-state index >= 15 is 9.13 Å². The number of benzene rings is 11. The van der Waals surface area contributed by atoms with Crippen LogP contribution in [-0.4, -0.2) is 19.9 Å². The highest BCUT2D eigenvalue weighted by molar-refractivity contribution is 7.81. The maximum absolute atomic E-state index is 17.9. The van der Waals surface area contributed by atoms with Crippen molar-refractivity contribution in [3.05, 3.63) is 279 Å². The normalized spacial score (nSPS) is 16.1. The van der Waals surface area contributed by atoms with Gasteiger partial charge in [-0.3, -0.25) is 18.5 Å². The number of anilines is 4. The third kappa shape index (κ3) is 7.52. The number of nitrogens with zero attached hydrogens (tertiary/aromatic N) is 6. The fourth-order valence-electron chi connectivity index (χ4n) is 11.7. The Bertz CT molecular complexity index is 4360. The zero-order valence-electron chi connectivity index (χ0n) is 43.0. The molecule has 0 radical (unpaired) electrons. The van der Waals surface area contributed by atoms with Crippen LogP contribution in [0.15, 0.2) is 279 Å². The zero-order chi connectivity index (χ0) is 53.4. The SMILES string of the molecule is O=P1(c2ccc(-c3ccccc3)cc2)c2cc3c(cc2-c2ccccc2N1c1nc(-c2ccccc2)c2ccccc2n1)P(=O)(c1ccc(-c2ccccc2)cc1)N(c1nc(-c2ccccc2)c2ccccc2n1)c1ccccc1-3. The van der Waals surface area contributed by atoms with Crippen molar-refractivity contribution in [1.29, 1.82) is 0 Å². The van der Waals surface area contributed by atoms with Crippen molar-refractivity contribution < 1.29 is 9.13 Å². The van der Waals surface area contributed by atoms with E-state index in [9.17, 15) is 0 Å². The van der Waals surface area contributed by atoms with Crippen molar-refractivity contribution in [3.8, 4) is 67.0 Å². The molecule has 15 rings (SSSR count). The molecule has 0 spiro atoms. The Balaban J connectivity index is 1.03. The van der Waals surface area contributed by atoms with Crippen LogP contribution in [0, 0.1) is 0 Å². The van der Waals surface area contributed by atoms with Crippen molar-refractivity contribution in [3.63, 3.8) is 0 Å². The van der Waals surface area contributed by atoms with Gasteiger partial charge in [-0.2, -0.15) is 0 Å². The van der Waals surface area contributed by atoms with Gasteiger partial charge in [0, 0.05) is 54.2 Å². The molecule has 0 aliphatic carbocycles. The third-order valence-corrected chi connectivity index (χ3v) is 21.4. The Morgan fingerprint density at radius 1 is 0.275 bits per heavy atom. The minimum atomic E-state index is -4.09. The summed E-state index contributed by atoms with van der Waals surface area (Å²) in [5.74, 6) is 0.597. The van der Waals surface area contributed by atoms with Crippen LogP contribution in [0.2, 0.25) is 0 Å². The van der Waals surface area contributed by atoms with E-state index in [0.717, 1.165) is 77.7 Å². The summed E-state index contributed by atoms with van der Waals surface area (Å²) >= 11 is 0. The second-order valence-corrected chi connectivity index (χ2v) is 25.1. The molecule has 2 unspecified atom stereocenters. The molecule has 4 heterocycles. The first kappa shape index (κ1) is 47.4. The van der Waals surface area contributed by atoms with Crippen molar-refractivity contribution in [2.24, 2.45) is 0 Å². The molecule has 378 valence electrons. The Labute approximate surface area is 462 Å². The van der Waals surface area contributed by atoms with Gasteiger partial charge in [-0.15, -0.1) is 0 Å². The number of rotatable bonds is 8. The second-order valence-electron chi connectivity index (χ2n) is 20.0. The van der Waals surface area contributed by atoms with Crippen molar-refractivity contribution in [2.45, 2.75) is 0 Å². The van der Waals surface area contributed by atoms with Crippen LogP contribution < -0.4 is 30.6 Å². The first-order valence-electron chi connectivity index (χ1n) is 26.6. The van der Waals surface area contributed by atoms with E-state index in [4.69, 9.17) is 19.9 Å². The molecular formula is C70H46N6O2P2. The molecule has 80 heavy (non-hydrogen) atoms. The molecule has 0 bridgehead atoms. The van der Waals surface area contributed by atoms with Gasteiger partial charge in [0.05, 0.1) is 33.8 Å². The van der Waals surface area contributed by atoms with Gasteiger partial charge in [-0.05, 0) is 94.0 Å². The lowest BCUT2D eigenvalue weighted by Gasteiger charge is -2.42. The minimum Gasteiger partial charge on any atom is -0.289 e. The van der Waals surface area contributed by atoms with Gasteiger partial charge >= 0.3 is 0 Å². The van der Waals surface area contributed by atoms with Gasteiger partial charge < -0.3 is 0 Å². The summed E-state index contributed by atoms with van der Waals surface area (Å²) in [7, 11) is -8.19. The molecule has 0 amide bonds. The highest BCUT2D eigenvalue weighted by Crippen LogP contribution is 2.65. The molecule has 2 aromatic heterocycles. The summed E-state index contributed by atoms with van der Waals surface area (Å²) in [6, 6.07) is 92.9. The summed E-state index contributed by atoms with van der Waals surface area (Å²) in [4.78, 5) is 21.5. The standard InChI is InChI=1S/C70H46N6O2P2/c77-79(53-41-37-49(38-42-53)47-21-5-1-6-22-47)65-45-60-56-30-16-20-36-64(56)76(70-72-62-34-18-14-32-58(62)68(74-70)52-27-11-4-12-28-52)80(78,54-43-39-50(40-44-54)48-23-7-2-8-24-48)66(60)46-59(65)55-29-15-19-35-63(55)75(79)69-71-61-33-17-13-31-57(61)67(73-69)51-25-9-3-10-26-51/h1-46H. The smallest absolute Gasteiger partial charge is 0.237 e. The second kappa shape index (κ2) is 19.0. The molecule has 0 saturated carbocycles. The molecule has 10 heteroatoms. The molecule has 8 nitrogen and oxygen atoms in total. The van der Waals surface area contributed by atoms with E-state index in [1.807, 2.05) is 240 Å². The van der Waals surface area contributed by atoms with Crippen LogP contribution in [0.25, 0.3) is 88.8 Å². The zero-order valence-corrected chi connectivity index (χ0v) is 44.7. The Morgan fingerprint density at radius 3 is 0.975 bits per heavy atom. The fraction of sp³-hybridized carbons (Fsp3) is 0. The Kier molecular flexibility index (Phi) is 11.2. The van der Waals surface area contributed by atoms with E-state index in [0.29, 0.717) is 55.6 Å². The monoisotopic (exact) mass is 1060 g/mol. The first-order valence-corrected chi connectivity index (χ1v) is 29.9. The highest BCUT2D eigenvalue weighted by Gasteiger charge is 2.50. The van der Waals surface area contributed by atoms with E-state index in [-0.39, 0.29) is 0 Å². The highest BCUT2D eigenvalue weighted by atomic mass is 31.2. The summed E-state index contributed by atoms with van der Waals surface area (Å²) in [6.07, 6.45) is 0. The molecular weight excluding hydrogens is 1020 g/mol. The van der Waals surface area contributed by atoms with Gasteiger partial charge in [0.15, 0.2) is 0 Å². The molecule has 13 aromatic rings. The average Bonchev–Trinajstić information content (AvgIpc) is 3.57. The molecule has 2 aliphatic rings. The lowest BCUT2D eigenvalue weighted by molar-refractivity contribution is 0.585. The van der Waals surface area contributed by atoms with E-state index < -0.39 is 14.6 Å². The fourth-order valence-corrected chi connectivity index (χ4v) is 17.5. The Hall–Kier alpha value is -9.84. The number of hydrogen-bond donors (Lipinski definition) is 0. The van der Waals surface area contributed by atoms with Gasteiger partial charge in [0.1, 0.15) is 0 Å². The van der Waals surface area contributed by atoms with E-state index in [1.165, 1.54) is 0 Å². The van der Waals surface area contributed by atoms with Crippen LogP contribution in [0.5, 0.6) is 0 Å². The van der Waals surface area contributed by atoms with Gasteiger partial charge in [0.25, 0.3) is 0 Å². The number of aromatic nitrogens is 4. The lowest BCUT2D eigenvalue weighted by Crippen LogP contribution is -2.39. The number of para-hydroxylation sites is 4. The van der Waals surface area contributed by atoms with Crippen molar-refractivity contribution >= 4 is 80.9 Å². The molecule has 2 atom stereocenters. The van der Waals surface area contributed by atoms with Crippen LogP contribution in [-0.2, 0) is 9.13 Å². The molecule has 2 aliphatic heterocycles. The molecule has 0 saturated heterocycles. The maximum Gasteiger partial charge on any atom is 0.237 e. The predicted octanol–water partition coefficient (Wildman–Crippen LogP) is 16.3. The predicted molar refractivity (Wildman–Crippen MR) is 329 cm³/mol. The Morgan fingerprint density at radius 2 is 0.588 bits per heavy atom. The van der Waals surface area contributed by atoms with Crippen LogP contribution in [0.1, 0.15) is 0 Å². The maximum atomic E-state index is 17.9. The molecule has 11 aromatic carbocycles. The average molecular weight is 1070 g/mol. The van der Waals surface area contributed by atoms with Crippen LogP contribution in [0.3, 0.4) is 0 Å². The van der Waals surface area contributed by atoms with Crippen molar-refractivity contribution in [1.82, 2.24) is 19.9 Å². The summed E-state index contributed by atoms with van der Waals surface area (Å²) in [5, 5.41) is 4.09. The quantitative estimate of drug-likeness (QED) is 0.139. The first-order chi connectivity index (χ1) is 39.4. The summed E-state index contributed by atoms with van der Waals surface area (Å²) < 4.78 is 39.6. The van der Waals surface area contributed by atoms with Gasteiger partial charge in [0.2, 0.25) is 26.5 Å². The molecule has 0 fully saturated rings. The van der Waals surface area contributed by atoms with Gasteiger partial charge in [-0.1, -0.05) is 218 Å². The van der Waals surface area contributed by atoms with E-state index in [1.54, 1.807) is 0 Å². The summed E-state index contributed by atoms with van der Waals surface area (Å²) in [5.41, 5.74) is 13.1. The topological polar surface area (TPSA) is 92.2 Å². The molecule has 0 N–H and O–H groups in total. The number of hydrogen-bond acceptors (Lipinski definition) is 6. The number of fused-ring (bicyclic) bond motifs is 8. The largest absolute Gasteiger partial charge is 0.289 e. The van der Waals surface area contributed by atoms with Gasteiger partial charge in [-0.25, -0.2) is 19.9 Å². The third-order valence-electron chi connectivity index (χ3n) is 15.5. The lowest BCUT2D eigenvalue weighted by atomic mass is 9.97. The van der Waals surface area contributed by atoms with E-state index in [2.05, 4.69) is 48.5 Å². The van der Waals surface area contributed by atoms with Crippen molar-refractivity contribution in [2.75, 3.05) is 9.34 Å².